The summed E-state index contributed by atoms with van der Waals surface area (Å²) in [6, 6.07) is 11.7. The van der Waals surface area contributed by atoms with Gasteiger partial charge in [0.1, 0.15) is 0 Å². The number of carbonyl (C=O) groups excluding carboxylic acids is 2. The van der Waals surface area contributed by atoms with Crippen molar-refractivity contribution >= 4 is 17.4 Å². The van der Waals surface area contributed by atoms with Crippen LogP contribution in [0.1, 0.15) is 50.2 Å². The number of aromatic nitrogens is 1. The Kier molecular flexibility index (Phi) is 4.22. The van der Waals surface area contributed by atoms with E-state index in [0.717, 1.165) is 28.1 Å². The Hall–Kier alpha value is -2.75. The van der Waals surface area contributed by atoms with E-state index in [1.54, 1.807) is 17.3 Å². The summed E-state index contributed by atoms with van der Waals surface area (Å²) >= 11 is 0. The van der Waals surface area contributed by atoms with Gasteiger partial charge in [0.15, 0.2) is 5.78 Å². The molecule has 1 aromatic carbocycles. The lowest BCUT2D eigenvalue weighted by molar-refractivity contribution is -0.121. The monoisotopic (exact) mass is 360 g/mol. The highest BCUT2D eigenvalue weighted by molar-refractivity contribution is 6.08. The number of hydrogen-bond acceptors (Lipinski definition) is 3. The maximum absolute atomic E-state index is 13.3. The molecule has 1 aliphatic carbocycles. The van der Waals surface area contributed by atoms with Crippen LogP contribution < -0.4 is 4.90 Å². The van der Waals surface area contributed by atoms with Gasteiger partial charge in [-0.15, -0.1) is 0 Å². The third kappa shape index (κ3) is 3.09. The number of rotatable bonds is 2. The van der Waals surface area contributed by atoms with Crippen molar-refractivity contribution in [3.05, 3.63) is 71.2 Å². The molecule has 4 rings (SSSR count). The lowest BCUT2D eigenvalue weighted by atomic mass is 9.69. The average molecular weight is 360 g/mol. The molecule has 27 heavy (non-hydrogen) atoms. The first kappa shape index (κ1) is 17.7. The van der Waals surface area contributed by atoms with Crippen molar-refractivity contribution in [1.82, 2.24) is 4.98 Å². The lowest BCUT2D eigenvalue weighted by Crippen LogP contribution is -2.44. The Balaban J connectivity index is 1.92. The van der Waals surface area contributed by atoms with Crippen molar-refractivity contribution < 1.29 is 9.59 Å². The second kappa shape index (κ2) is 6.45. The van der Waals surface area contributed by atoms with E-state index in [1.807, 2.05) is 43.3 Å². The minimum atomic E-state index is -0.204. The largest absolute Gasteiger partial charge is 0.294 e. The number of carbonyl (C=O) groups is 2. The summed E-state index contributed by atoms with van der Waals surface area (Å²) in [5.74, 6) is -0.00587. The Labute approximate surface area is 159 Å². The number of pyridine rings is 1. The van der Waals surface area contributed by atoms with Crippen LogP contribution in [-0.2, 0) is 9.59 Å². The van der Waals surface area contributed by atoms with Gasteiger partial charge in [-0.3, -0.25) is 19.5 Å². The van der Waals surface area contributed by atoms with Gasteiger partial charge in [-0.05, 0) is 42.0 Å². The zero-order valence-corrected chi connectivity index (χ0v) is 16.0. The SMILES string of the molecule is Cc1ccccc1N1C(=O)CC(c2cccnc2)C2=C1CC(C)(C)CC2=O. The Morgan fingerprint density at radius 1 is 1.07 bits per heavy atom. The molecule has 0 fully saturated rings. The molecule has 4 heteroatoms. The van der Waals surface area contributed by atoms with Gasteiger partial charge in [0.25, 0.3) is 0 Å². The van der Waals surface area contributed by atoms with Crippen LogP contribution in [0.2, 0.25) is 0 Å². The summed E-state index contributed by atoms with van der Waals surface area (Å²) in [6.07, 6.45) is 5.02. The Morgan fingerprint density at radius 2 is 1.85 bits per heavy atom. The quantitative estimate of drug-likeness (QED) is 0.789. The van der Waals surface area contributed by atoms with E-state index in [1.165, 1.54) is 0 Å². The number of allylic oxidation sites excluding steroid dienone is 2. The molecule has 0 saturated heterocycles. The second-order valence-corrected chi connectivity index (χ2v) is 8.36. The van der Waals surface area contributed by atoms with Gasteiger partial charge in [0, 0.05) is 42.4 Å². The molecule has 1 aliphatic heterocycles. The minimum absolute atomic E-state index is 0.0439. The Morgan fingerprint density at radius 3 is 2.56 bits per heavy atom. The van der Waals surface area contributed by atoms with Crippen molar-refractivity contribution in [2.75, 3.05) is 4.90 Å². The molecule has 2 heterocycles. The second-order valence-electron chi connectivity index (χ2n) is 8.36. The summed E-state index contributed by atoms with van der Waals surface area (Å²) in [4.78, 5) is 32.5. The van der Waals surface area contributed by atoms with E-state index in [2.05, 4.69) is 18.8 Å². The van der Waals surface area contributed by atoms with Crippen LogP contribution in [0.3, 0.4) is 0 Å². The lowest BCUT2D eigenvalue weighted by Gasteiger charge is -2.43. The first-order chi connectivity index (χ1) is 12.9. The van der Waals surface area contributed by atoms with Gasteiger partial charge < -0.3 is 0 Å². The zero-order chi connectivity index (χ0) is 19.2. The van der Waals surface area contributed by atoms with Crippen LogP contribution in [-0.4, -0.2) is 16.7 Å². The third-order valence-electron chi connectivity index (χ3n) is 5.59. The predicted molar refractivity (Wildman–Crippen MR) is 105 cm³/mol. The van der Waals surface area contributed by atoms with Gasteiger partial charge in [-0.2, -0.15) is 0 Å². The number of benzene rings is 1. The fourth-order valence-electron chi connectivity index (χ4n) is 4.38. The van der Waals surface area contributed by atoms with Crippen LogP contribution in [0.5, 0.6) is 0 Å². The maximum Gasteiger partial charge on any atom is 0.232 e. The number of aryl methyl sites for hydroxylation is 1. The smallest absolute Gasteiger partial charge is 0.232 e. The summed E-state index contributed by atoms with van der Waals surface area (Å²) < 4.78 is 0. The molecule has 2 aromatic rings. The van der Waals surface area contributed by atoms with Crippen LogP contribution in [0.4, 0.5) is 5.69 Å². The molecule has 1 atom stereocenters. The standard InChI is InChI=1S/C23H24N2O2/c1-15-7-4-5-9-18(15)25-19-12-23(2,3)13-20(26)22(19)17(11-21(25)27)16-8-6-10-24-14-16/h4-10,14,17H,11-13H2,1-3H3. The summed E-state index contributed by atoms with van der Waals surface area (Å²) in [5.41, 5.74) is 4.36. The van der Waals surface area contributed by atoms with E-state index >= 15 is 0 Å². The summed E-state index contributed by atoms with van der Waals surface area (Å²) in [6.45, 7) is 6.21. The van der Waals surface area contributed by atoms with E-state index in [9.17, 15) is 9.59 Å². The first-order valence-corrected chi connectivity index (χ1v) is 9.42. The molecule has 4 nitrogen and oxygen atoms in total. The van der Waals surface area contributed by atoms with Gasteiger partial charge in [-0.1, -0.05) is 38.1 Å². The van der Waals surface area contributed by atoms with Crippen molar-refractivity contribution in [2.24, 2.45) is 5.41 Å². The molecule has 0 bridgehead atoms. The van der Waals surface area contributed by atoms with E-state index < -0.39 is 0 Å². The predicted octanol–water partition coefficient (Wildman–Crippen LogP) is 4.55. The minimum Gasteiger partial charge on any atom is -0.294 e. The highest BCUT2D eigenvalue weighted by Gasteiger charge is 2.44. The highest BCUT2D eigenvalue weighted by Crippen LogP contribution is 2.48. The summed E-state index contributed by atoms with van der Waals surface area (Å²) in [7, 11) is 0. The van der Waals surface area contributed by atoms with Crippen LogP contribution in [0.25, 0.3) is 0 Å². The Bertz CT molecular complexity index is 944. The van der Waals surface area contributed by atoms with Gasteiger partial charge >= 0.3 is 0 Å². The topological polar surface area (TPSA) is 50.3 Å². The van der Waals surface area contributed by atoms with E-state index in [0.29, 0.717) is 19.3 Å². The van der Waals surface area contributed by atoms with Gasteiger partial charge in [0.2, 0.25) is 5.91 Å². The van der Waals surface area contributed by atoms with Crippen molar-refractivity contribution in [1.29, 1.82) is 0 Å². The zero-order valence-electron chi connectivity index (χ0n) is 16.0. The molecule has 0 N–H and O–H groups in total. The number of Topliss-reactive ketones (excluding diaryl/α,β-unsaturated/α-hetero) is 1. The van der Waals surface area contributed by atoms with Crippen LogP contribution >= 0.6 is 0 Å². The number of amides is 1. The average Bonchev–Trinajstić information content (AvgIpc) is 2.62. The fourth-order valence-corrected chi connectivity index (χ4v) is 4.38. The van der Waals surface area contributed by atoms with Crippen molar-refractivity contribution in [2.45, 2.75) is 46.0 Å². The molecular formula is C23H24N2O2. The van der Waals surface area contributed by atoms with Crippen LogP contribution in [0.15, 0.2) is 60.1 Å². The van der Waals surface area contributed by atoms with Crippen molar-refractivity contribution in [3.63, 3.8) is 0 Å². The molecule has 138 valence electrons. The van der Waals surface area contributed by atoms with Gasteiger partial charge in [-0.25, -0.2) is 0 Å². The molecule has 0 spiro atoms. The van der Waals surface area contributed by atoms with Crippen molar-refractivity contribution in [3.8, 4) is 0 Å². The molecule has 1 amide bonds. The first-order valence-electron chi connectivity index (χ1n) is 9.42. The summed E-state index contributed by atoms with van der Waals surface area (Å²) in [5, 5.41) is 0. The molecule has 0 radical (unpaired) electrons. The third-order valence-corrected chi connectivity index (χ3v) is 5.59. The highest BCUT2D eigenvalue weighted by atomic mass is 16.2. The molecule has 1 unspecified atom stereocenters. The van der Waals surface area contributed by atoms with E-state index in [-0.39, 0.29) is 23.0 Å². The number of nitrogens with zero attached hydrogens (tertiary/aromatic N) is 2. The number of hydrogen-bond donors (Lipinski definition) is 0. The number of anilines is 1. The van der Waals surface area contributed by atoms with E-state index in [4.69, 9.17) is 0 Å². The number of ketones is 1. The molecule has 0 saturated carbocycles. The van der Waals surface area contributed by atoms with Crippen LogP contribution in [0, 0.1) is 12.3 Å². The normalized spacial score (nSPS) is 22.0. The molecular weight excluding hydrogens is 336 g/mol. The number of para-hydroxylation sites is 1. The molecule has 2 aliphatic rings. The molecule has 1 aromatic heterocycles. The maximum atomic E-state index is 13.3. The van der Waals surface area contributed by atoms with Gasteiger partial charge in [0.05, 0.1) is 5.69 Å². The fraction of sp³-hybridized carbons (Fsp3) is 0.348.